The van der Waals surface area contributed by atoms with E-state index in [-0.39, 0.29) is 29.4 Å². The van der Waals surface area contributed by atoms with E-state index < -0.39 is 9.84 Å². The summed E-state index contributed by atoms with van der Waals surface area (Å²) in [6.45, 7) is 2.09. The third-order valence-corrected chi connectivity index (χ3v) is 7.18. The number of rotatable bonds is 3. The predicted octanol–water partition coefficient (Wildman–Crippen LogP) is 1.36. The molecule has 108 valence electrons. The van der Waals surface area contributed by atoms with Crippen LogP contribution in [0.1, 0.15) is 39.0 Å². The minimum Gasteiger partial charge on any atom is -0.353 e. The van der Waals surface area contributed by atoms with E-state index in [4.69, 9.17) is 0 Å². The molecular formula is C14H23NO3S. The van der Waals surface area contributed by atoms with Gasteiger partial charge >= 0.3 is 0 Å². The van der Waals surface area contributed by atoms with Crippen molar-refractivity contribution in [1.82, 2.24) is 5.32 Å². The number of nitrogens with one attached hydrogen (secondary N) is 1. The van der Waals surface area contributed by atoms with Gasteiger partial charge < -0.3 is 5.32 Å². The summed E-state index contributed by atoms with van der Waals surface area (Å²) in [5.41, 5.74) is 0. The Bertz CT molecular complexity index is 473. The molecular weight excluding hydrogens is 262 g/mol. The van der Waals surface area contributed by atoms with Crippen molar-refractivity contribution in [2.75, 3.05) is 11.5 Å². The van der Waals surface area contributed by atoms with Gasteiger partial charge in [-0.05, 0) is 50.4 Å². The van der Waals surface area contributed by atoms with Crippen LogP contribution in [0.4, 0.5) is 0 Å². The van der Waals surface area contributed by atoms with Gasteiger partial charge in [0, 0.05) is 6.04 Å². The highest BCUT2D eigenvalue weighted by Gasteiger charge is 2.43. The molecule has 1 heterocycles. The Morgan fingerprint density at radius 3 is 2.53 bits per heavy atom. The van der Waals surface area contributed by atoms with Crippen molar-refractivity contribution in [3.8, 4) is 0 Å². The molecule has 0 aromatic carbocycles. The summed E-state index contributed by atoms with van der Waals surface area (Å²) in [5.74, 6) is 2.13. The lowest BCUT2D eigenvalue weighted by molar-refractivity contribution is -0.125. The average Bonchev–Trinajstić information content (AvgIpc) is 3.02. The van der Waals surface area contributed by atoms with E-state index in [1.165, 1.54) is 25.7 Å². The molecule has 1 amide bonds. The lowest BCUT2D eigenvalue weighted by atomic mass is 9.84. The second-order valence-corrected chi connectivity index (χ2v) is 8.96. The second kappa shape index (κ2) is 4.76. The number of hydrogen-bond acceptors (Lipinski definition) is 3. The van der Waals surface area contributed by atoms with Crippen molar-refractivity contribution in [1.29, 1.82) is 0 Å². The zero-order valence-electron chi connectivity index (χ0n) is 11.5. The van der Waals surface area contributed by atoms with E-state index in [0.29, 0.717) is 12.3 Å². The van der Waals surface area contributed by atoms with Gasteiger partial charge in [-0.25, -0.2) is 8.42 Å². The maximum Gasteiger partial charge on any atom is 0.224 e. The van der Waals surface area contributed by atoms with Crippen LogP contribution in [0.2, 0.25) is 0 Å². The molecule has 4 nitrogen and oxygen atoms in total. The van der Waals surface area contributed by atoms with Crippen LogP contribution in [0.15, 0.2) is 0 Å². The van der Waals surface area contributed by atoms with Crippen LogP contribution in [-0.4, -0.2) is 31.9 Å². The number of fused-ring (bicyclic) bond motifs is 2. The summed E-state index contributed by atoms with van der Waals surface area (Å²) >= 11 is 0. The van der Waals surface area contributed by atoms with Crippen LogP contribution in [0, 0.1) is 23.7 Å². The van der Waals surface area contributed by atoms with E-state index in [9.17, 15) is 13.2 Å². The maximum absolute atomic E-state index is 12.1. The van der Waals surface area contributed by atoms with Gasteiger partial charge in [-0.1, -0.05) is 6.42 Å². The molecule has 5 heteroatoms. The number of carbonyl (C=O) groups excluding carboxylic acids is 1. The second-order valence-electron chi connectivity index (χ2n) is 6.74. The summed E-state index contributed by atoms with van der Waals surface area (Å²) in [4.78, 5) is 12.1. The first kappa shape index (κ1) is 13.4. The van der Waals surface area contributed by atoms with E-state index >= 15 is 0 Å². The van der Waals surface area contributed by atoms with Crippen molar-refractivity contribution < 1.29 is 13.2 Å². The molecule has 2 saturated carbocycles. The van der Waals surface area contributed by atoms with Crippen molar-refractivity contribution in [2.24, 2.45) is 23.7 Å². The van der Waals surface area contributed by atoms with Crippen LogP contribution >= 0.6 is 0 Å². The van der Waals surface area contributed by atoms with Crippen molar-refractivity contribution in [2.45, 2.75) is 45.1 Å². The quantitative estimate of drug-likeness (QED) is 0.851. The normalized spacial score (nSPS) is 41.3. The Kier molecular flexibility index (Phi) is 3.36. The Hall–Kier alpha value is -0.580. The summed E-state index contributed by atoms with van der Waals surface area (Å²) in [5, 5.41) is 3.08. The minimum atomic E-state index is -2.96. The fourth-order valence-corrected chi connectivity index (χ4v) is 6.10. The van der Waals surface area contributed by atoms with Crippen molar-refractivity contribution in [3.63, 3.8) is 0 Å². The zero-order chi connectivity index (χ0) is 13.6. The Morgan fingerprint density at radius 2 is 2.00 bits per heavy atom. The fourth-order valence-electron chi connectivity index (χ4n) is 4.36. The van der Waals surface area contributed by atoms with Gasteiger partial charge in [0.15, 0.2) is 9.84 Å². The van der Waals surface area contributed by atoms with Crippen LogP contribution in [-0.2, 0) is 14.6 Å². The number of sulfone groups is 1. The molecule has 0 aromatic heterocycles. The van der Waals surface area contributed by atoms with E-state index in [2.05, 4.69) is 12.2 Å². The standard InChI is InChI=1S/C14H23NO3S/c1-9(13-7-10-2-3-11(13)6-10)15-14(16)12-4-5-19(17,18)8-12/h9-13H,2-8H2,1H3,(H,15,16)/t9-,10-,11-,12-,13+/m0/s1. The van der Waals surface area contributed by atoms with Gasteiger partial charge in [-0.15, -0.1) is 0 Å². The first-order valence-corrected chi connectivity index (χ1v) is 9.27. The fraction of sp³-hybridized carbons (Fsp3) is 0.929. The number of amides is 1. The molecule has 0 unspecified atom stereocenters. The van der Waals surface area contributed by atoms with Crippen molar-refractivity contribution >= 4 is 15.7 Å². The first-order chi connectivity index (χ1) is 8.94. The molecule has 3 fully saturated rings. The van der Waals surface area contributed by atoms with Crippen LogP contribution in [0.5, 0.6) is 0 Å². The van der Waals surface area contributed by atoms with Gasteiger partial charge in [-0.2, -0.15) is 0 Å². The molecule has 2 bridgehead atoms. The van der Waals surface area contributed by atoms with Gasteiger partial charge in [0.1, 0.15) is 0 Å². The van der Waals surface area contributed by atoms with Crippen LogP contribution < -0.4 is 5.32 Å². The van der Waals surface area contributed by atoms with Crippen LogP contribution in [0.25, 0.3) is 0 Å². The Balaban J connectivity index is 1.55. The number of carbonyl (C=O) groups is 1. The highest BCUT2D eigenvalue weighted by atomic mass is 32.2. The smallest absolute Gasteiger partial charge is 0.224 e. The first-order valence-electron chi connectivity index (χ1n) is 7.45. The summed E-state index contributed by atoms with van der Waals surface area (Å²) in [6.07, 6.45) is 5.76. The SMILES string of the molecule is C[C@H](NC(=O)[C@H]1CCS(=O)(=O)C1)[C@H]1C[C@H]2CC[C@H]1C2. The highest BCUT2D eigenvalue weighted by molar-refractivity contribution is 7.91. The molecule has 0 aromatic rings. The molecule has 5 atom stereocenters. The van der Waals surface area contributed by atoms with Gasteiger partial charge in [0.25, 0.3) is 0 Å². The molecule has 1 aliphatic heterocycles. The van der Waals surface area contributed by atoms with E-state index in [0.717, 1.165) is 11.8 Å². The molecule has 3 aliphatic rings. The molecule has 2 aliphatic carbocycles. The molecule has 0 radical (unpaired) electrons. The number of hydrogen-bond donors (Lipinski definition) is 1. The average molecular weight is 285 g/mol. The Labute approximate surface area is 115 Å². The lowest BCUT2D eigenvalue weighted by Gasteiger charge is -2.29. The lowest BCUT2D eigenvalue weighted by Crippen LogP contribution is -2.43. The summed E-state index contributed by atoms with van der Waals surface area (Å²) < 4.78 is 22.8. The van der Waals surface area contributed by atoms with Crippen LogP contribution in [0.3, 0.4) is 0 Å². The maximum atomic E-state index is 12.1. The van der Waals surface area contributed by atoms with Crippen molar-refractivity contribution in [3.05, 3.63) is 0 Å². The third kappa shape index (κ3) is 2.67. The summed E-state index contributed by atoms with van der Waals surface area (Å²) in [6, 6.07) is 0.200. The third-order valence-electron chi connectivity index (χ3n) is 5.41. The zero-order valence-corrected chi connectivity index (χ0v) is 12.3. The predicted molar refractivity (Wildman–Crippen MR) is 73.3 cm³/mol. The largest absolute Gasteiger partial charge is 0.353 e. The monoisotopic (exact) mass is 285 g/mol. The van der Waals surface area contributed by atoms with E-state index in [1.54, 1.807) is 0 Å². The molecule has 0 spiro atoms. The summed E-state index contributed by atoms with van der Waals surface area (Å²) in [7, 11) is -2.96. The van der Waals surface area contributed by atoms with E-state index in [1.807, 2.05) is 0 Å². The highest BCUT2D eigenvalue weighted by Crippen LogP contribution is 2.49. The molecule has 3 rings (SSSR count). The van der Waals surface area contributed by atoms with Gasteiger partial charge in [0.2, 0.25) is 5.91 Å². The molecule has 19 heavy (non-hydrogen) atoms. The Morgan fingerprint density at radius 1 is 1.21 bits per heavy atom. The molecule has 1 saturated heterocycles. The van der Waals surface area contributed by atoms with Gasteiger partial charge in [0.05, 0.1) is 17.4 Å². The minimum absolute atomic E-state index is 0.0439. The molecule has 1 N–H and O–H groups in total. The van der Waals surface area contributed by atoms with Gasteiger partial charge in [-0.3, -0.25) is 4.79 Å². The topological polar surface area (TPSA) is 63.2 Å².